The number of rotatable bonds is 7. The van der Waals surface area contributed by atoms with Gasteiger partial charge in [-0.15, -0.1) is 0 Å². The number of hydrogen-bond acceptors (Lipinski definition) is 3. The number of aliphatic hydroxyl groups is 1. The molecule has 0 spiro atoms. The molecule has 0 saturated heterocycles. The second-order valence-electron chi connectivity index (χ2n) is 5.73. The summed E-state index contributed by atoms with van der Waals surface area (Å²) < 4.78 is 5.63. The third kappa shape index (κ3) is 6.08. The summed E-state index contributed by atoms with van der Waals surface area (Å²) in [6.45, 7) is 11.4. The minimum absolute atomic E-state index is 0.320. The van der Waals surface area contributed by atoms with Crippen LogP contribution in [0, 0.1) is 19.8 Å². The second kappa shape index (κ2) is 7.51. The van der Waals surface area contributed by atoms with Gasteiger partial charge in [0.15, 0.2) is 0 Å². The van der Waals surface area contributed by atoms with Crippen LogP contribution in [0.2, 0.25) is 0 Å². The quantitative estimate of drug-likeness (QED) is 0.796. The maximum absolute atomic E-state index is 9.89. The molecular weight excluding hydrogens is 238 g/mol. The molecule has 2 atom stereocenters. The van der Waals surface area contributed by atoms with Gasteiger partial charge in [0.25, 0.3) is 0 Å². The van der Waals surface area contributed by atoms with E-state index in [-0.39, 0.29) is 0 Å². The maximum Gasteiger partial charge on any atom is 0.119 e. The minimum atomic E-state index is -0.484. The third-order valence-corrected chi connectivity index (χ3v) is 3.31. The monoisotopic (exact) mass is 265 g/mol. The van der Waals surface area contributed by atoms with Gasteiger partial charge in [0, 0.05) is 12.6 Å². The summed E-state index contributed by atoms with van der Waals surface area (Å²) in [5.74, 6) is 1.39. The van der Waals surface area contributed by atoms with E-state index in [1.54, 1.807) is 0 Å². The summed E-state index contributed by atoms with van der Waals surface area (Å²) >= 11 is 0. The lowest BCUT2D eigenvalue weighted by atomic mass is 10.1. The average Bonchev–Trinajstić information content (AvgIpc) is 2.32. The molecule has 3 nitrogen and oxygen atoms in total. The molecule has 0 radical (unpaired) electrons. The van der Waals surface area contributed by atoms with E-state index in [2.05, 4.69) is 32.2 Å². The van der Waals surface area contributed by atoms with E-state index in [4.69, 9.17) is 4.74 Å². The van der Waals surface area contributed by atoms with Crippen molar-refractivity contribution in [2.75, 3.05) is 13.2 Å². The van der Waals surface area contributed by atoms with Crippen molar-refractivity contribution < 1.29 is 9.84 Å². The van der Waals surface area contributed by atoms with E-state index in [1.165, 1.54) is 11.1 Å². The Morgan fingerprint density at radius 1 is 1.11 bits per heavy atom. The summed E-state index contributed by atoms with van der Waals surface area (Å²) in [6.07, 6.45) is -0.484. The van der Waals surface area contributed by atoms with Crippen molar-refractivity contribution in [2.45, 2.75) is 46.8 Å². The van der Waals surface area contributed by atoms with Crippen molar-refractivity contribution in [1.29, 1.82) is 0 Å². The van der Waals surface area contributed by atoms with Crippen LogP contribution in [0.5, 0.6) is 5.75 Å². The Labute approximate surface area is 117 Å². The van der Waals surface area contributed by atoms with Gasteiger partial charge in [-0.1, -0.05) is 19.9 Å². The normalized spacial score (nSPS) is 14.5. The van der Waals surface area contributed by atoms with E-state index >= 15 is 0 Å². The average molecular weight is 265 g/mol. The number of ether oxygens (including phenoxy) is 1. The zero-order valence-corrected chi connectivity index (χ0v) is 12.7. The maximum atomic E-state index is 9.89. The molecule has 0 aromatic heterocycles. The van der Waals surface area contributed by atoms with Crippen LogP contribution < -0.4 is 10.1 Å². The molecule has 1 aromatic carbocycles. The highest BCUT2D eigenvalue weighted by Gasteiger charge is 2.10. The molecule has 19 heavy (non-hydrogen) atoms. The van der Waals surface area contributed by atoms with Gasteiger partial charge in [-0.2, -0.15) is 0 Å². The van der Waals surface area contributed by atoms with Crippen molar-refractivity contribution in [3.8, 4) is 5.75 Å². The Hall–Kier alpha value is -1.06. The largest absolute Gasteiger partial charge is 0.491 e. The smallest absolute Gasteiger partial charge is 0.119 e. The van der Waals surface area contributed by atoms with Crippen LogP contribution in [0.15, 0.2) is 18.2 Å². The standard InChI is InChI=1S/C16H27NO2/c1-11(2)14(5)17-9-15(18)10-19-16-7-12(3)6-13(4)8-16/h6-8,11,14-15,17-18H,9-10H2,1-5H3. The van der Waals surface area contributed by atoms with Gasteiger partial charge in [0.2, 0.25) is 0 Å². The Morgan fingerprint density at radius 2 is 1.68 bits per heavy atom. The first kappa shape index (κ1) is 16.0. The number of hydrogen-bond donors (Lipinski definition) is 2. The molecule has 0 heterocycles. The predicted molar refractivity (Wildman–Crippen MR) is 79.7 cm³/mol. The van der Waals surface area contributed by atoms with Crippen LogP contribution in [0.3, 0.4) is 0 Å². The zero-order valence-electron chi connectivity index (χ0n) is 12.7. The molecule has 0 aliphatic carbocycles. The first-order valence-electron chi connectivity index (χ1n) is 7.01. The molecule has 0 amide bonds. The molecule has 1 aromatic rings. The lowest BCUT2D eigenvalue weighted by Gasteiger charge is -2.20. The second-order valence-corrected chi connectivity index (χ2v) is 5.73. The lowest BCUT2D eigenvalue weighted by Crippen LogP contribution is -2.38. The van der Waals surface area contributed by atoms with Gasteiger partial charge in [-0.25, -0.2) is 0 Å². The lowest BCUT2D eigenvalue weighted by molar-refractivity contribution is 0.102. The summed E-state index contributed by atoms with van der Waals surface area (Å²) in [6, 6.07) is 6.49. The molecule has 2 N–H and O–H groups in total. The highest BCUT2D eigenvalue weighted by Crippen LogP contribution is 2.16. The Balaban J connectivity index is 2.35. The molecule has 0 aliphatic heterocycles. The van der Waals surface area contributed by atoms with E-state index in [0.29, 0.717) is 25.1 Å². The summed E-state index contributed by atoms with van der Waals surface area (Å²) in [7, 11) is 0. The number of aliphatic hydroxyl groups excluding tert-OH is 1. The minimum Gasteiger partial charge on any atom is -0.491 e. The van der Waals surface area contributed by atoms with Gasteiger partial charge in [-0.3, -0.25) is 0 Å². The van der Waals surface area contributed by atoms with Gasteiger partial charge in [-0.05, 0) is 49.9 Å². The van der Waals surface area contributed by atoms with E-state index in [0.717, 1.165) is 5.75 Å². The van der Waals surface area contributed by atoms with Crippen LogP contribution in [0.25, 0.3) is 0 Å². The molecule has 0 aliphatic rings. The molecule has 0 saturated carbocycles. The molecule has 2 unspecified atom stereocenters. The van der Waals surface area contributed by atoms with Crippen molar-refractivity contribution in [3.05, 3.63) is 29.3 Å². The number of aryl methyl sites for hydroxylation is 2. The fourth-order valence-corrected chi connectivity index (χ4v) is 1.83. The van der Waals surface area contributed by atoms with Crippen molar-refractivity contribution >= 4 is 0 Å². The van der Waals surface area contributed by atoms with Crippen LogP contribution in [-0.2, 0) is 0 Å². The van der Waals surface area contributed by atoms with Gasteiger partial charge in [0.05, 0.1) is 0 Å². The first-order valence-corrected chi connectivity index (χ1v) is 7.01. The van der Waals surface area contributed by atoms with E-state index < -0.39 is 6.10 Å². The summed E-state index contributed by atoms with van der Waals surface area (Å²) in [5.41, 5.74) is 2.35. The molecule has 0 fully saturated rings. The van der Waals surface area contributed by atoms with Crippen molar-refractivity contribution in [1.82, 2.24) is 5.32 Å². The topological polar surface area (TPSA) is 41.5 Å². The van der Waals surface area contributed by atoms with Crippen LogP contribution in [0.1, 0.15) is 31.9 Å². The highest BCUT2D eigenvalue weighted by molar-refractivity contribution is 5.32. The zero-order chi connectivity index (χ0) is 14.4. The van der Waals surface area contributed by atoms with E-state index in [1.807, 2.05) is 26.0 Å². The molecule has 0 bridgehead atoms. The molecule has 1 rings (SSSR count). The molecule has 108 valence electrons. The number of benzene rings is 1. The summed E-state index contributed by atoms with van der Waals surface area (Å²) in [4.78, 5) is 0. The number of nitrogens with one attached hydrogen (secondary N) is 1. The predicted octanol–water partition coefficient (Wildman–Crippen LogP) is 2.68. The van der Waals surface area contributed by atoms with Crippen LogP contribution in [0.4, 0.5) is 0 Å². The van der Waals surface area contributed by atoms with Crippen molar-refractivity contribution in [3.63, 3.8) is 0 Å². The van der Waals surface area contributed by atoms with Crippen LogP contribution >= 0.6 is 0 Å². The fraction of sp³-hybridized carbons (Fsp3) is 0.625. The van der Waals surface area contributed by atoms with Crippen LogP contribution in [-0.4, -0.2) is 30.4 Å². The Morgan fingerprint density at radius 3 is 2.21 bits per heavy atom. The van der Waals surface area contributed by atoms with Gasteiger partial charge < -0.3 is 15.2 Å². The SMILES string of the molecule is Cc1cc(C)cc(OCC(O)CNC(C)C(C)C)c1. The van der Waals surface area contributed by atoms with Gasteiger partial charge >= 0.3 is 0 Å². The van der Waals surface area contributed by atoms with Gasteiger partial charge in [0.1, 0.15) is 18.5 Å². The Bertz CT molecular complexity index is 370. The Kier molecular flexibility index (Phi) is 6.32. The first-order chi connectivity index (χ1) is 8.88. The highest BCUT2D eigenvalue weighted by atomic mass is 16.5. The molecular formula is C16H27NO2. The third-order valence-electron chi connectivity index (χ3n) is 3.31. The summed E-state index contributed by atoms with van der Waals surface area (Å²) in [5, 5.41) is 13.2. The van der Waals surface area contributed by atoms with E-state index in [9.17, 15) is 5.11 Å². The fourth-order valence-electron chi connectivity index (χ4n) is 1.83. The molecule has 3 heteroatoms. The van der Waals surface area contributed by atoms with Crippen molar-refractivity contribution in [2.24, 2.45) is 5.92 Å².